The van der Waals surface area contributed by atoms with E-state index in [4.69, 9.17) is 4.74 Å². The Hall–Kier alpha value is -1.23. The molecule has 1 aliphatic heterocycles. The Morgan fingerprint density at radius 3 is 1.35 bits per heavy atom. The van der Waals surface area contributed by atoms with Gasteiger partial charge in [-0.25, -0.2) is 0 Å². The quantitative estimate of drug-likeness (QED) is 0.0595. The molecule has 0 saturated carbocycles. The van der Waals surface area contributed by atoms with E-state index in [-0.39, 0.29) is 18.7 Å². The Bertz CT molecular complexity index is 626. The zero-order valence-electron chi connectivity index (χ0n) is 29.0. The van der Waals surface area contributed by atoms with Crippen LogP contribution in [0.5, 0.6) is 0 Å². The van der Waals surface area contributed by atoms with Gasteiger partial charge in [0.25, 0.3) is 0 Å². The normalized spacial score (nSPS) is 14.7. The Morgan fingerprint density at radius 2 is 0.930 bits per heavy atom. The number of rotatable bonds is 33. The number of carbonyl (C=O) groups excluding carboxylic acids is 1. The van der Waals surface area contributed by atoms with E-state index < -0.39 is 0 Å². The highest BCUT2D eigenvalue weighted by Gasteiger charge is 2.25. The van der Waals surface area contributed by atoms with Crippen LogP contribution in [-0.2, 0) is 9.53 Å². The van der Waals surface area contributed by atoms with Crippen LogP contribution in [0.2, 0.25) is 0 Å². The number of hydrogen-bond acceptors (Lipinski definition) is 5. The third kappa shape index (κ3) is 23.8. The first kappa shape index (κ1) is 39.8. The number of hydrogen-bond donors (Lipinski definition) is 1. The fourth-order valence-corrected chi connectivity index (χ4v) is 6.42. The highest BCUT2D eigenvalue weighted by atomic mass is 16.5. The zero-order chi connectivity index (χ0) is 31.1. The molecule has 0 amide bonds. The average molecular weight is 607 g/mol. The van der Waals surface area contributed by atoms with Crippen molar-refractivity contribution in [1.82, 2.24) is 9.80 Å². The Kier molecular flexibility index (Phi) is 28.5. The molecular formula is C38H74N2O3. The van der Waals surface area contributed by atoms with E-state index in [0.29, 0.717) is 19.6 Å². The van der Waals surface area contributed by atoms with Gasteiger partial charge in [0.05, 0.1) is 13.2 Å². The number of β-amino-alcohol motifs (C(OH)–C–C–N with tert-alkyl or cyclic N) is 1. The molecule has 43 heavy (non-hydrogen) atoms. The predicted octanol–water partition coefficient (Wildman–Crippen LogP) is 10.9. The van der Waals surface area contributed by atoms with Gasteiger partial charge in [0.1, 0.15) is 12.8 Å². The van der Waals surface area contributed by atoms with Crippen LogP contribution >= 0.6 is 0 Å². The maximum Gasteiger partial charge on any atom is 0.305 e. The number of unbranched alkanes of at least 4 members (excludes halogenated alkanes) is 24. The lowest BCUT2D eigenvalue weighted by atomic mass is 10.0. The molecule has 0 aliphatic carbocycles. The maximum atomic E-state index is 12.3. The minimum atomic E-state index is -0.0495. The lowest BCUT2D eigenvalue weighted by Gasteiger charge is -2.32. The Labute approximate surface area is 268 Å². The van der Waals surface area contributed by atoms with Crippen molar-refractivity contribution in [3.05, 3.63) is 12.4 Å². The van der Waals surface area contributed by atoms with Crippen LogP contribution in [0.1, 0.15) is 194 Å². The van der Waals surface area contributed by atoms with E-state index in [2.05, 4.69) is 36.0 Å². The SMILES string of the molecule is CCCCCCCCCCCCCCCC(=O)OCCN1C=CN(CCO)C1CCCCCCCCCCCCCCC. The zero-order valence-corrected chi connectivity index (χ0v) is 29.0. The van der Waals surface area contributed by atoms with E-state index in [1.807, 2.05) is 0 Å². The number of ether oxygens (including phenoxy) is 1. The van der Waals surface area contributed by atoms with E-state index in [1.165, 1.54) is 154 Å². The maximum absolute atomic E-state index is 12.3. The highest BCUT2D eigenvalue weighted by molar-refractivity contribution is 5.69. The largest absolute Gasteiger partial charge is 0.464 e. The molecule has 1 rings (SSSR count). The number of aliphatic hydroxyl groups excluding tert-OH is 1. The summed E-state index contributed by atoms with van der Waals surface area (Å²) in [5, 5.41) is 9.52. The summed E-state index contributed by atoms with van der Waals surface area (Å²) in [6.45, 7) is 6.57. The van der Waals surface area contributed by atoms with Crippen LogP contribution in [-0.4, -0.2) is 53.3 Å². The number of carbonyl (C=O) groups is 1. The van der Waals surface area contributed by atoms with Crippen LogP contribution < -0.4 is 0 Å². The van der Waals surface area contributed by atoms with E-state index in [0.717, 1.165) is 25.8 Å². The monoisotopic (exact) mass is 607 g/mol. The fourth-order valence-electron chi connectivity index (χ4n) is 6.42. The summed E-state index contributed by atoms with van der Waals surface area (Å²) in [6.07, 6.45) is 41.0. The minimum absolute atomic E-state index is 0.0495. The standard InChI is InChI=1S/C38H74N2O3/c1-3-5-7-9-11-13-15-17-19-21-23-25-27-29-37-39(33-35-41)31-32-40(37)34-36-43-38(42)30-28-26-24-22-20-18-16-14-12-10-8-6-4-2/h31-32,37,41H,3-30,33-36H2,1-2H3. The molecule has 0 aromatic rings. The van der Waals surface area contributed by atoms with Crippen molar-refractivity contribution in [2.45, 2.75) is 200 Å². The third-order valence-electron chi connectivity index (χ3n) is 9.24. The van der Waals surface area contributed by atoms with Gasteiger partial charge in [-0.2, -0.15) is 0 Å². The van der Waals surface area contributed by atoms with Gasteiger partial charge in [0, 0.05) is 25.4 Å². The molecule has 0 aromatic carbocycles. The molecule has 0 saturated heterocycles. The molecule has 1 atom stereocenters. The molecule has 5 nitrogen and oxygen atoms in total. The van der Waals surface area contributed by atoms with Gasteiger partial charge in [0.15, 0.2) is 0 Å². The molecule has 0 fully saturated rings. The van der Waals surface area contributed by atoms with Crippen molar-refractivity contribution in [2.75, 3.05) is 26.3 Å². The van der Waals surface area contributed by atoms with Crippen LogP contribution in [0, 0.1) is 0 Å². The second-order valence-electron chi connectivity index (χ2n) is 13.2. The van der Waals surface area contributed by atoms with Gasteiger partial charge < -0.3 is 19.6 Å². The Balaban J connectivity index is 2.03. The molecule has 0 aromatic heterocycles. The lowest BCUT2D eigenvalue weighted by Crippen LogP contribution is -2.41. The minimum Gasteiger partial charge on any atom is -0.464 e. The molecule has 0 radical (unpaired) electrons. The highest BCUT2D eigenvalue weighted by Crippen LogP contribution is 2.22. The van der Waals surface area contributed by atoms with E-state index >= 15 is 0 Å². The van der Waals surface area contributed by atoms with Crippen molar-refractivity contribution < 1.29 is 14.6 Å². The molecule has 0 spiro atoms. The van der Waals surface area contributed by atoms with Gasteiger partial charge in [-0.05, 0) is 19.3 Å². The van der Waals surface area contributed by atoms with Crippen LogP contribution in [0.3, 0.4) is 0 Å². The van der Waals surface area contributed by atoms with Crippen molar-refractivity contribution >= 4 is 5.97 Å². The first-order chi connectivity index (χ1) is 21.2. The second kappa shape index (κ2) is 30.8. The van der Waals surface area contributed by atoms with Gasteiger partial charge in [0.2, 0.25) is 0 Å². The fraction of sp³-hybridized carbons (Fsp3) is 0.921. The first-order valence-electron chi connectivity index (χ1n) is 19.2. The number of esters is 1. The summed E-state index contributed by atoms with van der Waals surface area (Å²) >= 11 is 0. The Morgan fingerprint density at radius 1 is 0.558 bits per heavy atom. The van der Waals surface area contributed by atoms with E-state index in [9.17, 15) is 9.90 Å². The van der Waals surface area contributed by atoms with Gasteiger partial charge in [-0.1, -0.05) is 168 Å². The van der Waals surface area contributed by atoms with Crippen molar-refractivity contribution in [2.24, 2.45) is 0 Å². The van der Waals surface area contributed by atoms with Gasteiger partial charge in [-0.3, -0.25) is 4.79 Å². The number of aliphatic hydroxyl groups is 1. The van der Waals surface area contributed by atoms with Crippen molar-refractivity contribution in [1.29, 1.82) is 0 Å². The molecule has 254 valence electrons. The third-order valence-corrected chi connectivity index (χ3v) is 9.24. The topological polar surface area (TPSA) is 53.0 Å². The molecule has 1 unspecified atom stereocenters. The van der Waals surface area contributed by atoms with E-state index in [1.54, 1.807) is 0 Å². The molecule has 0 bridgehead atoms. The first-order valence-corrected chi connectivity index (χ1v) is 19.2. The van der Waals surface area contributed by atoms with Crippen LogP contribution in [0.25, 0.3) is 0 Å². The molecule has 1 heterocycles. The van der Waals surface area contributed by atoms with Crippen molar-refractivity contribution in [3.63, 3.8) is 0 Å². The van der Waals surface area contributed by atoms with Gasteiger partial charge in [-0.15, -0.1) is 0 Å². The van der Waals surface area contributed by atoms with Crippen LogP contribution in [0.15, 0.2) is 12.4 Å². The summed E-state index contributed by atoms with van der Waals surface area (Å²) < 4.78 is 5.59. The average Bonchev–Trinajstić information content (AvgIpc) is 3.38. The van der Waals surface area contributed by atoms with Crippen LogP contribution in [0.4, 0.5) is 0 Å². The second-order valence-corrected chi connectivity index (χ2v) is 13.2. The molecule has 5 heteroatoms. The van der Waals surface area contributed by atoms with Crippen molar-refractivity contribution in [3.8, 4) is 0 Å². The molecule has 1 aliphatic rings. The molecule has 1 N–H and O–H groups in total. The summed E-state index contributed by atoms with van der Waals surface area (Å²) in [5.74, 6) is -0.0495. The summed E-state index contributed by atoms with van der Waals surface area (Å²) in [4.78, 5) is 16.8. The smallest absolute Gasteiger partial charge is 0.305 e. The van der Waals surface area contributed by atoms with Gasteiger partial charge >= 0.3 is 5.97 Å². The predicted molar refractivity (Wildman–Crippen MR) is 185 cm³/mol. The number of nitrogens with zero attached hydrogens (tertiary/aromatic N) is 2. The molecular weight excluding hydrogens is 532 g/mol. The summed E-state index contributed by atoms with van der Waals surface area (Å²) in [7, 11) is 0. The lowest BCUT2D eigenvalue weighted by molar-refractivity contribution is -0.144. The summed E-state index contributed by atoms with van der Waals surface area (Å²) in [5.41, 5.74) is 0. The summed E-state index contributed by atoms with van der Waals surface area (Å²) in [6, 6.07) is 0.